The van der Waals surface area contributed by atoms with Gasteiger partial charge >= 0.3 is 0 Å². The van der Waals surface area contributed by atoms with Crippen LogP contribution in [0.2, 0.25) is 0 Å². The van der Waals surface area contributed by atoms with Gasteiger partial charge in [-0.05, 0) is 18.2 Å². The fraction of sp³-hybridized carbons (Fsp3) is 0. The molecule has 5 heteroatoms. The van der Waals surface area contributed by atoms with Crippen molar-refractivity contribution in [1.82, 2.24) is 19.6 Å². The SMILES string of the molecule is c1ccc2oc(-c3ccnc4ncnn34)cc2c1. The first-order valence-corrected chi connectivity index (χ1v) is 5.55. The smallest absolute Gasteiger partial charge is 0.252 e. The van der Waals surface area contributed by atoms with Gasteiger partial charge in [0.25, 0.3) is 5.78 Å². The largest absolute Gasteiger partial charge is 0.454 e. The van der Waals surface area contributed by atoms with Crippen LogP contribution in [0.15, 0.2) is 53.3 Å². The number of hydrogen-bond acceptors (Lipinski definition) is 4. The monoisotopic (exact) mass is 236 g/mol. The van der Waals surface area contributed by atoms with E-state index in [9.17, 15) is 0 Å². The van der Waals surface area contributed by atoms with E-state index >= 15 is 0 Å². The van der Waals surface area contributed by atoms with Gasteiger partial charge < -0.3 is 4.42 Å². The lowest BCUT2D eigenvalue weighted by Gasteiger charge is -1.98. The third-order valence-corrected chi connectivity index (χ3v) is 2.86. The molecular weight excluding hydrogens is 228 g/mol. The van der Waals surface area contributed by atoms with E-state index < -0.39 is 0 Å². The van der Waals surface area contributed by atoms with Crippen molar-refractivity contribution >= 4 is 16.7 Å². The molecule has 1 aromatic carbocycles. The molecule has 0 saturated carbocycles. The first-order chi connectivity index (χ1) is 8.92. The summed E-state index contributed by atoms with van der Waals surface area (Å²) in [5.41, 5.74) is 1.70. The highest BCUT2D eigenvalue weighted by atomic mass is 16.3. The number of aromatic nitrogens is 4. The van der Waals surface area contributed by atoms with Crippen LogP contribution < -0.4 is 0 Å². The number of fused-ring (bicyclic) bond motifs is 2. The highest BCUT2D eigenvalue weighted by Crippen LogP contribution is 2.27. The van der Waals surface area contributed by atoms with Gasteiger partial charge in [0.1, 0.15) is 17.6 Å². The number of furan rings is 1. The summed E-state index contributed by atoms with van der Waals surface area (Å²) in [7, 11) is 0. The molecule has 0 saturated heterocycles. The van der Waals surface area contributed by atoms with Crippen LogP contribution in [0, 0.1) is 0 Å². The van der Waals surface area contributed by atoms with Gasteiger partial charge in [-0.3, -0.25) is 0 Å². The lowest BCUT2D eigenvalue weighted by molar-refractivity contribution is 0.625. The second kappa shape index (κ2) is 3.40. The fourth-order valence-corrected chi connectivity index (χ4v) is 2.03. The highest BCUT2D eigenvalue weighted by Gasteiger charge is 2.10. The van der Waals surface area contributed by atoms with Gasteiger partial charge in [0.15, 0.2) is 5.76 Å². The summed E-state index contributed by atoms with van der Waals surface area (Å²) in [4.78, 5) is 8.19. The Balaban J connectivity index is 2.04. The predicted octanol–water partition coefficient (Wildman–Crippen LogP) is 2.54. The Morgan fingerprint density at radius 3 is 2.94 bits per heavy atom. The van der Waals surface area contributed by atoms with Gasteiger partial charge in [-0.2, -0.15) is 14.6 Å². The van der Waals surface area contributed by atoms with Crippen molar-refractivity contribution < 1.29 is 4.42 Å². The molecule has 18 heavy (non-hydrogen) atoms. The summed E-state index contributed by atoms with van der Waals surface area (Å²) in [5.74, 6) is 1.32. The summed E-state index contributed by atoms with van der Waals surface area (Å²) in [6.07, 6.45) is 3.18. The topological polar surface area (TPSA) is 56.2 Å². The molecule has 5 nitrogen and oxygen atoms in total. The molecule has 0 N–H and O–H groups in total. The van der Waals surface area contributed by atoms with Crippen molar-refractivity contribution in [3.63, 3.8) is 0 Å². The minimum atomic E-state index is 0.563. The molecule has 0 radical (unpaired) electrons. The molecule has 0 spiro atoms. The van der Waals surface area contributed by atoms with Crippen LogP contribution in [0.3, 0.4) is 0 Å². The number of hydrogen-bond donors (Lipinski definition) is 0. The molecule has 3 heterocycles. The summed E-state index contributed by atoms with van der Waals surface area (Å²) < 4.78 is 7.48. The highest BCUT2D eigenvalue weighted by molar-refractivity contribution is 5.82. The summed E-state index contributed by atoms with van der Waals surface area (Å²) >= 11 is 0. The molecule has 0 amide bonds. The van der Waals surface area contributed by atoms with Gasteiger partial charge in [-0.1, -0.05) is 18.2 Å². The molecule has 0 bridgehead atoms. The molecule has 0 fully saturated rings. The van der Waals surface area contributed by atoms with E-state index in [-0.39, 0.29) is 0 Å². The van der Waals surface area contributed by atoms with E-state index in [1.54, 1.807) is 10.7 Å². The predicted molar refractivity (Wildman–Crippen MR) is 66.0 cm³/mol. The molecule has 0 aliphatic rings. The Labute approximate surface area is 102 Å². The first-order valence-electron chi connectivity index (χ1n) is 5.55. The molecule has 0 aliphatic carbocycles. The number of nitrogens with zero attached hydrogens (tertiary/aromatic N) is 4. The first kappa shape index (κ1) is 9.35. The van der Waals surface area contributed by atoms with Crippen LogP contribution in [0.1, 0.15) is 0 Å². The Morgan fingerprint density at radius 1 is 1.06 bits per heavy atom. The van der Waals surface area contributed by atoms with Crippen molar-refractivity contribution in [1.29, 1.82) is 0 Å². The van der Waals surface area contributed by atoms with Crippen LogP contribution in [0.4, 0.5) is 0 Å². The summed E-state index contributed by atoms with van der Waals surface area (Å²) in [6, 6.07) is 11.7. The molecular formula is C13H8N4O. The van der Waals surface area contributed by atoms with Gasteiger partial charge in [0, 0.05) is 11.6 Å². The van der Waals surface area contributed by atoms with E-state index in [0.29, 0.717) is 5.78 Å². The molecule has 4 aromatic rings. The zero-order chi connectivity index (χ0) is 11.9. The van der Waals surface area contributed by atoms with Crippen molar-refractivity contribution in [3.8, 4) is 11.5 Å². The Hall–Kier alpha value is -2.69. The Morgan fingerprint density at radius 2 is 2.00 bits per heavy atom. The van der Waals surface area contributed by atoms with Gasteiger partial charge in [0.2, 0.25) is 0 Å². The van der Waals surface area contributed by atoms with Gasteiger partial charge in [0.05, 0.1) is 0 Å². The lowest BCUT2D eigenvalue weighted by Crippen LogP contribution is -1.94. The van der Waals surface area contributed by atoms with Gasteiger partial charge in [-0.15, -0.1) is 0 Å². The minimum absolute atomic E-state index is 0.563. The Kier molecular flexibility index (Phi) is 1.77. The maximum Gasteiger partial charge on any atom is 0.252 e. The number of rotatable bonds is 1. The molecule has 0 atom stereocenters. The molecule has 4 rings (SSSR count). The van der Waals surface area contributed by atoms with Crippen molar-refractivity contribution in [2.45, 2.75) is 0 Å². The second-order valence-electron chi connectivity index (χ2n) is 3.95. The summed E-state index contributed by atoms with van der Waals surface area (Å²) in [5, 5.41) is 5.22. The van der Waals surface area contributed by atoms with Crippen molar-refractivity contribution in [3.05, 3.63) is 48.9 Å². The van der Waals surface area contributed by atoms with E-state index in [2.05, 4.69) is 15.1 Å². The summed E-state index contributed by atoms with van der Waals surface area (Å²) in [6.45, 7) is 0. The van der Waals surface area contributed by atoms with Crippen LogP contribution in [0.25, 0.3) is 28.2 Å². The van der Waals surface area contributed by atoms with Crippen LogP contribution >= 0.6 is 0 Å². The Bertz CT molecular complexity index is 813. The zero-order valence-corrected chi connectivity index (χ0v) is 9.32. The lowest BCUT2D eigenvalue weighted by atomic mass is 10.2. The fourth-order valence-electron chi connectivity index (χ4n) is 2.03. The van der Waals surface area contributed by atoms with Crippen LogP contribution in [-0.2, 0) is 0 Å². The second-order valence-corrected chi connectivity index (χ2v) is 3.95. The van der Waals surface area contributed by atoms with Gasteiger partial charge in [-0.25, -0.2) is 4.98 Å². The van der Waals surface area contributed by atoms with Crippen molar-refractivity contribution in [2.75, 3.05) is 0 Å². The van der Waals surface area contributed by atoms with Crippen LogP contribution in [0.5, 0.6) is 0 Å². The maximum absolute atomic E-state index is 5.82. The average Bonchev–Trinajstić information content (AvgIpc) is 3.04. The minimum Gasteiger partial charge on any atom is -0.454 e. The molecule has 3 aromatic heterocycles. The van der Waals surface area contributed by atoms with E-state index in [1.807, 2.05) is 36.4 Å². The third kappa shape index (κ3) is 1.24. The molecule has 0 aliphatic heterocycles. The number of benzene rings is 1. The molecule has 0 unspecified atom stereocenters. The van der Waals surface area contributed by atoms with E-state index in [0.717, 1.165) is 22.4 Å². The molecule has 86 valence electrons. The average molecular weight is 236 g/mol. The quantitative estimate of drug-likeness (QED) is 0.509. The zero-order valence-electron chi connectivity index (χ0n) is 9.32. The van der Waals surface area contributed by atoms with E-state index in [4.69, 9.17) is 4.42 Å². The van der Waals surface area contributed by atoms with Crippen LogP contribution in [-0.4, -0.2) is 19.6 Å². The van der Waals surface area contributed by atoms with E-state index in [1.165, 1.54) is 6.33 Å². The number of para-hydroxylation sites is 1. The third-order valence-electron chi connectivity index (χ3n) is 2.86. The standard InChI is InChI=1S/C13H8N4O/c1-2-4-11-9(3-1)7-12(18-11)10-5-6-14-13-15-8-16-17(10)13/h1-8H. The van der Waals surface area contributed by atoms with Crippen molar-refractivity contribution in [2.24, 2.45) is 0 Å². The maximum atomic E-state index is 5.82. The normalized spacial score (nSPS) is 11.3.